The Hall–Kier alpha value is -1.76. The second-order valence-corrected chi connectivity index (χ2v) is 5.23. The molecule has 0 aliphatic carbocycles. The van der Waals surface area contributed by atoms with Crippen molar-refractivity contribution in [1.29, 1.82) is 0 Å². The summed E-state index contributed by atoms with van der Waals surface area (Å²) >= 11 is 0. The molecule has 0 aromatic heterocycles. The maximum absolute atomic E-state index is 5.67. The van der Waals surface area contributed by atoms with Gasteiger partial charge in [0.05, 0.1) is 0 Å². The van der Waals surface area contributed by atoms with Crippen LogP contribution in [0.4, 0.5) is 5.69 Å². The third kappa shape index (κ3) is 6.10. The number of hydrogen-bond acceptors (Lipinski definition) is 1. The molecule has 0 spiro atoms. The van der Waals surface area contributed by atoms with Crippen molar-refractivity contribution in [3.63, 3.8) is 0 Å². The zero-order valence-electron chi connectivity index (χ0n) is 12.2. The van der Waals surface area contributed by atoms with Gasteiger partial charge in [-0.1, -0.05) is 42.5 Å². The predicted molar refractivity (Wildman–Crippen MR) is 86.1 cm³/mol. The van der Waals surface area contributed by atoms with Crippen molar-refractivity contribution in [1.82, 2.24) is 0 Å². The van der Waals surface area contributed by atoms with Crippen molar-refractivity contribution in [2.45, 2.75) is 39.5 Å². The summed E-state index contributed by atoms with van der Waals surface area (Å²) in [6.45, 7) is 12.2. The lowest BCUT2D eigenvalue weighted by atomic mass is 9.99. The van der Waals surface area contributed by atoms with Crippen LogP contribution in [0.5, 0.6) is 0 Å². The van der Waals surface area contributed by atoms with E-state index in [4.69, 9.17) is 5.73 Å². The molecule has 0 heterocycles. The van der Waals surface area contributed by atoms with E-state index in [0.29, 0.717) is 0 Å². The van der Waals surface area contributed by atoms with Crippen molar-refractivity contribution in [2.75, 3.05) is 5.73 Å². The van der Waals surface area contributed by atoms with E-state index in [1.54, 1.807) is 0 Å². The molecule has 102 valence electrons. The van der Waals surface area contributed by atoms with E-state index in [2.05, 4.69) is 38.3 Å². The third-order valence-electron chi connectivity index (χ3n) is 3.19. The topological polar surface area (TPSA) is 26.0 Å². The lowest BCUT2D eigenvalue weighted by Gasteiger charge is -2.07. The zero-order valence-corrected chi connectivity index (χ0v) is 12.2. The summed E-state index contributed by atoms with van der Waals surface area (Å²) in [4.78, 5) is 0. The largest absolute Gasteiger partial charge is 0.399 e. The van der Waals surface area contributed by atoms with Crippen LogP contribution in [-0.2, 0) is 6.42 Å². The number of allylic oxidation sites excluding steroid dienone is 4. The molecule has 0 radical (unpaired) electrons. The van der Waals surface area contributed by atoms with Gasteiger partial charge >= 0.3 is 0 Å². The lowest BCUT2D eigenvalue weighted by molar-refractivity contribution is 0.733. The zero-order chi connectivity index (χ0) is 14.3. The summed E-state index contributed by atoms with van der Waals surface area (Å²) < 4.78 is 0. The van der Waals surface area contributed by atoms with Gasteiger partial charge in [-0.15, -0.1) is 0 Å². The molecule has 0 amide bonds. The summed E-state index contributed by atoms with van der Waals surface area (Å²) in [5.74, 6) is 0. The highest BCUT2D eigenvalue weighted by Gasteiger charge is 1.99. The molecule has 0 aliphatic heterocycles. The van der Waals surface area contributed by atoms with E-state index >= 15 is 0 Å². The molecular formula is C18H25N. The number of rotatable bonds is 7. The first-order valence-electron chi connectivity index (χ1n) is 6.85. The number of anilines is 1. The van der Waals surface area contributed by atoms with Gasteiger partial charge in [-0.05, 0) is 62.8 Å². The molecule has 1 heteroatoms. The molecule has 2 N–H and O–H groups in total. The van der Waals surface area contributed by atoms with Crippen LogP contribution in [0.2, 0.25) is 0 Å². The van der Waals surface area contributed by atoms with Gasteiger partial charge in [-0.3, -0.25) is 0 Å². The van der Waals surface area contributed by atoms with E-state index in [1.807, 2.05) is 19.1 Å². The molecule has 0 atom stereocenters. The van der Waals surface area contributed by atoms with Crippen LogP contribution in [0, 0.1) is 0 Å². The maximum Gasteiger partial charge on any atom is 0.0314 e. The summed E-state index contributed by atoms with van der Waals surface area (Å²) in [6, 6.07) is 8.15. The molecule has 0 fully saturated rings. The molecule has 0 bridgehead atoms. The van der Waals surface area contributed by atoms with Crippen molar-refractivity contribution < 1.29 is 0 Å². The van der Waals surface area contributed by atoms with E-state index < -0.39 is 0 Å². The lowest BCUT2D eigenvalue weighted by Crippen LogP contribution is -1.90. The van der Waals surface area contributed by atoms with E-state index in [0.717, 1.165) is 24.1 Å². The Bertz CT molecular complexity index is 463. The fourth-order valence-electron chi connectivity index (χ4n) is 2.02. The Morgan fingerprint density at radius 3 is 2.32 bits per heavy atom. The number of nitrogens with two attached hydrogens (primary N) is 1. The predicted octanol–water partition coefficient (Wildman–Crippen LogP) is 5.06. The standard InChI is InChI=1S/C18H25N/c1-14(2)13-16(4)15(3)7-5-6-8-17-9-11-18(19)12-10-17/h9-13H,1,3,5-8,19H2,2,4H3. The minimum absolute atomic E-state index is 0.831. The van der Waals surface area contributed by atoms with Crippen LogP contribution in [0.15, 0.2) is 60.2 Å². The monoisotopic (exact) mass is 255 g/mol. The molecule has 0 saturated carbocycles. The van der Waals surface area contributed by atoms with Crippen LogP contribution < -0.4 is 5.73 Å². The summed E-state index contributed by atoms with van der Waals surface area (Å²) in [6.07, 6.45) is 6.62. The van der Waals surface area contributed by atoms with E-state index in [-0.39, 0.29) is 0 Å². The van der Waals surface area contributed by atoms with Crippen molar-refractivity contribution in [3.05, 3.63) is 65.8 Å². The van der Waals surface area contributed by atoms with E-state index in [9.17, 15) is 0 Å². The number of unbranched alkanes of at least 4 members (excludes halogenated alkanes) is 1. The molecule has 1 nitrogen and oxygen atoms in total. The van der Waals surface area contributed by atoms with Crippen LogP contribution >= 0.6 is 0 Å². The molecule has 1 aromatic rings. The number of nitrogen functional groups attached to an aromatic ring is 1. The van der Waals surface area contributed by atoms with Gasteiger partial charge in [0.2, 0.25) is 0 Å². The number of aryl methyl sites for hydroxylation is 1. The maximum atomic E-state index is 5.67. The van der Waals surface area contributed by atoms with Gasteiger partial charge in [0.1, 0.15) is 0 Å². The van der Waals surface area contributed by atoms with E-state index in [1.165, 1.54) is 29.6 Å². The van der Waals surface area contributed by atoms with Crippen molar-refractivity contribution >= 4 is 5.69 Å². The second-order valence-electron chi connectivity index (χ2n) is 5.23. The van der Waals surface area contributed by atoms with Gasteiger partial charge < -0.3 is 5.73 Å². The van der Waals surface area contributed by atoms with Gasteiger partial charge in [-0.2, -0.15) is 0 Å². The second kappa shape index (κ2) is 7.63. The Balaban J connectivity index is 2.29. The van der Waals surface area contributed by atoms with Gasteiger partial charge in [-0.25, -0.2) is 0 Å². The number of hydrogen-bond donors (Lipinski definition) is 1. The normalized spacial score (nSPS) is 11.4. The van der Waals surface area contributed by atoms with Gasteiger partial charge in [0.25, 0.3) is 0 Å². The Labute approximate surface area is 117 Å². The average Bonchev–Trinajstić information content (AvgIpc) is 2.35. The van der Waals surface area contributed by atoms with Crippen LogP contribution in [0.1, 0.15) is 38.7 Å². The molecule has 1 rings (SSSR count). The SMILES string of the molecule is C=C(C)C=C(C)C(=C)CCCCc1ccc(N)cc1. The Kier molecular flexibility index (Phi) is 6.14. The fraction of sp³-hybridized carbons (Fsp3) is 0.333. The average molecular weight is 255 g/mol. The molecular weight excluding hydrogens is 230 g/mol. The first-order valence-corrected chi connectivity index (χ1v) is 6.85. The molecule has 19 heavy (non-hydrogen) atoms. The Morgan fingerprint density at radius 1 is 1.11 bits per heavy atom. The molecule has 1 aromatic carbocycles. The molecule has 0 saturated heterocycles. The minimum Gasteiger partial charge on any atom is -0.399 e. The Morgan fingerprint density at radius 2 is 1.74 bits per heavy atom. The first kappa shape index (κ1) is 15.3. The summed E-state index contributed by atoms with van der Waals surface area (Å²) in [7, 11) is 0. The van der Waals surface area contributed by atoms with Gasteiger partial charge in [0.15, 0.2) is 0 Å². The highest BCUT2D eigenvalue weighted by molar-refractivity contribution is 5.39. The van der Waals surface area contributed by atoms with Gasteiger partial charge in [0, 0.05) is 5.69 Å². The summed E-state index contributed by atoms with van der Waals surface area (Å²) in [5, 5.41) is 0. The molecule has 0 unspecified atom stereocenters. The minimum atomic E-state index is 0.831. The van der Waals surface area contributed by atoms with Crippen molar-refractivity contribution in [3.8, 4) is 0 Å². The van der Waals surface area contributed by atoms with Crippen molar-refractivity contribution in [2.24, 2.45) is 0 Å². The highest BCUT2D eigenvalue weighted by Crippen LogP contribution is 2.17. The first-order chi connectivity index (χ1) is 8.99. The third-order valence-corrected chi connectivity index (χ3v) is 3.19. The summed E-state index contributed by atoms with van der Waals surface area (Å²) in [5.41, 5.74) is 11.4. The quantitative estimate of drug-likeness (QED) is 0.411. The van der Waals surface area contributed by atoms with Crippen LogP contribution in [-0.4, -0.2) is 0 Å². The molecule has 0 aliphatic rings. The smallest absolute Gasteiger partial charge is 0.0314 e. The highest BCUT2D eigenvalue weighted by atomic mass is 14.5. The fourth-order valence-corrected chi connectivity index (χ4v) is 2.02. The number of benzene rings is 1. The van der Waals surface area contributed by atoms with Crippen LogP contribution in [0.3, 0.4) is 0 Å². The van der Waals surface area contributed by atoms with Crippen LogP contribution in [0.25, 0.3) is 0 Å².